The molecule has 0 spiro atoms. The summed E-state index contributed by atoms with van der Waals surface area (Å²) in [5.41, 5.74) is 0. The van der Waals surface area contributed by atoms with E-state index in [1.165, 1.54) is 12.2 Å². The van der Waals surface area contributed by atoms with E-state index in [1.54, 1.807) is 48.6 Å². The molecule has 192 valence electrons. The lowest BCUT2D eigenvalue weighted by Crippen LogP contribution is -2.18. The van der Waals surface area contributed by atoms with Crippen molar-refractivity contribution in [3.8, 4) is 0 Å². The van der Waals surface area contributed by atoms with Crippen LogP contribution in [0.25, 0.3) is 0 Å². The molecule has 35 heavy (non-hydrogen) atoms. The molecular weight excluding hydrogens is 452 g/mol. The van der Waals surface area contributed by atoms with Crippen molar-refractivity contribution in [3.63, 3.8) is 0 Å². The average Bonchev–Trinajstić information content (AvgIpc) is 2.76. The van der Waals surface area contributed by atoms with Crippen molar-refractivity contribution in [1.29, 1.82) is 0 Å². The zero-order valence-electron chi connectivity index (χ0n) is 20.1. The maximum absolute atomic E-state index is 11.9. The normalized spacial score (nSPS) is 25.5. The highest BCUT2D eigenvalue weighted by Crippen LogP contribution is 2.09. The van der Waals surface area contributed by atoms with Gasteiger partial charge in [0, 0.05) is 18.9 Å². The second-order valence-corrected chi connectivity index (χ2v) is 8.12. The molecule has 0 aliphatic carbocycles. The standard InChI is InChI=1S/C27H36O8/c1-21-13-7-3-2-4-8-14-22(28)19-23(29)15-9-5-10-16-24(35-27(33)20-25(30)31)17-11-6-12-18-26(32)34-21/h2,4-6,8-12,14,16,18,21-24,28-29H,3,7,13,15,17,19-20H2,1H3,(H,30,31)/t21?,22-,23-,24+/m0/s1. The smallest absolute Gasteiger partial charge is 0.331 e. The quantitative estimate of drug-likeness (QED) is 0.405. The van der Waals surface area contributed by atoms with E-state index < -0.39 is 42.6 Å². The second kappa shape index (κ2) is 18.1. The molecule has 1 aliphatic rings. The van der Waals surface area contributed by atoms with Crippen LogP contribution in [-0.4, -0.2) is 57.6 Å². The van der Waals surface area contributed by atoms with Gasteiger partial charge in [0.2, 0.25) is 0 Å². The number of carboxylic acid groups (broad SMARTS) is 1. The van der Waals surface area contributed by atoms with E-state index in [-0.39, 0.29) is 18.9 Å². The fourth-order valence-electron chi connectivity index (χ4n) is 3.07. The van der Waals surface area contributed by atoms with E-state index in [4.69, 9.17) is 14.6 Å². The predicted molar refractivity (Wildman–Crippen MR) is 132 cm³/mol. The van der Waals surface area contributed by atoms with Crippen molar-refractivity contribution >= 4 is 17.9 Å². The summed E-state index contributed by atoms with van der Waals surface area (Å²) in [5.74, 6) is -2.60. The average molecular weight is 489 g/mol. The van der Waals surface area contributed by atoms with Crippen LogP contribution in [0.1, 0.15) is 51.9 Å². The first-order valence-electron chi connectivity index (χ1n) is 11.7. The summed E-state index contributed by atoms with van der Waals surface area (Å²) >= 11 is 0. The van der Waals surface area contributed by atoms with E-state index in [0.717, 1.165) is 12.8 Å². The van der Waals surface area contributed by atoms with Gasteiger partial charge in [0.05, 0.1) is 18.3 Å². The van der Waals surface area contributed by atoms with E-state index in [2.05, 4.69) is 0 Å². The van der Waals surface area contributed by atoms with Crippen molar-refractivity contribution in [2.24, 2.45) is 0 Å². The molecule has 1 aliphatic heterocycles. The third-order valence-corrected chi connectivity index (χ3v) is 4.80. The SMILES string of the molecule is CC1CCCC=CC=C[C@H](O)C[C@@H](O)CC=CC=C[C@@H](OC(=O)CC(=O)O)CC=CC=CC(=O)O1. The first kappa shape index (κ1) is 29.8. The van der Waals surface area contributed by atoms with E-state index in [0.29, 0.717) is 12.8 Å². The van der Waals surface area contributed by atoms with E-state index in [9.17, 15) is 24.6 Å². The number of allylic oxidation sites excluding steroid dienone is 7. The number of aliphatic hydroxyl groups is 2. The summed E-state index contributed by atoms with van der Waals surface area (Å²) < 4.78 is 10.5. The minimum atomic E-state index is -1.28. The van der Waals surface area contributed by atoms with Crippen molar-refractivity contribution in [2.75, 3.05) is 0 Å². The van der Waals surface area contributed by atoms with Gasteiger partial charge >= 0.3 is 17.9 Å². The maximum atomic E-state index is 11.9. The van der Waals surface area contributed by atoms with Crippen molar-refractivity contribution in [1.82, 2.24) is 0 Å². The van der Waals surface area contributed by atoms with Crippen LogP contribution in [0.2, 0.25) is 0 Å². The van der Waals surface area contributed by atoms with Gasteiger partial charge in [-0.1, -0.05) is 60.8 Å². The molecule has 0 aromatic heterocycles. The molecule has 0 saturated carbocycles. The molecule has 1 unspecified atom stereocenters. The molecule has 0 radical (unpaired) electrons. The van der Waals surface area contributed by atoms with Crippen molar-refractivity contribution in [3.05, 3.63) is 72.9 Å². The Morgan fingerprint density at radius 3 is 2.46 bits per heavy atom. The molecule has 0 fully saturated rings. The van der Waals surface area contributed by atoms with Crippen LogP contribution in [0.5, 0.6) is 0 Å². The summed E-state index contributed by atoms with van der Waals surface area (Å²) in [7, 11) is 0. The number of esters is 2. The number of aliphatic hydroxyl groups excluding tert-OH is 2. The molecule has 0 aromatic rings. The number of rotatable bonds is 3. The third kappa shape index (κ3) is 16.9. The zero-order valence-corrected chi connectivity index (χ0v) is 20.1. The predicted octanol–water partition coefficient (Wildman–Crippen LogP) is 3.72. The highest BCUT2D eigenvalue weighted by atomic mass is 16.5. The van der Waals surface area contributed by atoms with Gasteiger partial charge in [0.25, 0.3) is 0 Å². The fraction of sp³-hybridized carbons (Fsp3) is 0.444. The molecule has 0 amide bonds. The van der Waals surface area contributed by atoms with Gasteiger partial charge in [-0.3, -0.25) is 9.59 Å². The van der Waals surface area contributed by atoms with Crippen molar-refractivity contribution in [2.45, 2.75) is 76.3 Å². The summed E-state index contributed by atoms with van der Waals surface area (Å²) in [5, 5.41) is 28.9. The molecule has 0 saturated heterocycles. The Morgan fingerprint density at radius 1 is 1.00 bits per heavy atom. The zero-order chi connectivity index (χ0) is 25.9. The lowest BCUT2D eigenvalue weighted by atomic mass is 10.1. The lowest BCUT2D eigenvalue weighted by molar-refractivity contribution is -0.153. The van der Waals surface area contributed by atoms with Crippen LogP contribution in [0.15, 0.2) is 72.9 Å². The number of cyclic esters (lactones) is 1. The van der Waals surface area contributed by atoms with Crippen LogP contribution >= 0.6 is 0 Å². The van der Waals surface area contributed by atoms with Crippen LogP contribution in [0, 0.1) is 0 Å². The van der Waals surface area contributed by atoms with E-state index in [1.807, 2.05) is 19.1 Å². The van der Waals surface area contributed by atoms with Gasteiger partial charge in [0.1, 0.15) is 12.5 Å². The molecular formula is C27H36O8. The minimum absolute atomic E-state index is 0.189. The largest absolute Gasteiger partial charge is 0.481 e. The Hall–Kier alpha value is -3.23. The summed E-state index contributed by atoms with van der Waals surface area (Å²) in [6, 6.07) is 0. The number of ether oxygens (including phenoxy) is 2. The van der Waals surface area contributed by atoms with Crippen LogP contribution in [-0.2, 0) is 23.9 Å². The Bertz CT molecular complexity index is 834. The van der Waals surface area contributed by atoms with Crippen LogP contribution < -0.4 is 0 Å². The highest BCUT2D eigenvalue weighted by molar-refractivity contribution is 5.90. The van der Waals surface area contributed by atoms with Gasteiger partial charge in [-0.2, -0.15) is 0 Å². The Morgan fingerprint density at radius 2 is 1.69 bits per heavy atom. The van der Waals surface area contributed by atoms with Crippen molar-refractivity contribution < 1.29 is 39.2 Å². The Balaban J connectivity index is 2.87. The van der Waals surface area contributed by atoms with Gasteiger partial charge in [-0.05, 0) is 38.7 Å². The first-order valence-corrected chi connectivity index (χ1v) is 11.7. The number of carbonyl (C=O) groups is 3. The van der Waals surface area contributed by atoms with E-state index >= 15 is 0 Å². The number of carbonyl (C=O) groups excluding carboxylic acids is 2. The highest BCUT2D eigenvalue weighted by Gasteiger charge is 2.14. The molecule has 4 atom stereocenters. The summed E-state index contributed by atoms with van der Waals surface area (Å²) in [4.78, 5) is 34.4. The van der Waals surface area contributed by atoms with Crippen LogP contribution in [0.3, 0.4) is 0 Å². The monoisotopic (exact) mass is 488 g/mol. The minimum Gasteiger partial charge on any atom is -0.481 e. The molecule has 3 N–H and O–H groups in total. The van der Waals surface area contributed by atoms with Gasteiger partial charge in [-0.25, -0.2) is 4.79 Å². The van der Waals surface area contributed by atoms with Gasteiger partial charge in [0.15, 0.2) is 0 Å². The Kier molecular flexibility index (Phi) is 15.4. The second-order valence-electron chi connectivity index (χ2n) is 8.12. The number of hydrogen-bond acceptors (Lipinski definition) is 7. The number of carboxylic acids is 1. The molecule has 8 nitrogen and oxygen atoms in total. The Labute approximate surface area is 206 Å². The summed E-state index contributed by atoms with van der Waals surface area (Å²) in [6.07, 6.45) is 19.9. The molecule has 1 rings (SSSR count). The number of hydrogen-bond donors (Lipinski definition) is 3. The lowest BCUT2D eigenvalue weighted by Gasteiger charge is -2.12. The van der Waals surface area contributed by atoms with Crippen LogP contribution in [0.4, 0.5) is 0 Å². The van der Waals surface area contributed by atoms with Gasteiger partial charge < -0.3 is 24.8 Å². The third-order valence-electron chi connectivity index (χ3n) is 4.80. The van der Waals surface area contributed by atoms with Gasteiger partial charge in [-0.15, -0.1) is 0 Å². The fourth-order valence-corrected chi connectivity index (χ4v) is 3.07. The summed E-state index contributed by atoms with van der Waals surface area (Å²) in [6.45, 7) is 1.83. The first-order chi connectivity index (χ1) is 16.8. The maximum Gasteiger partial charge on any atom is 0.331 e. The molecule has 0 aromatic carbocycles. The molecule has 1 heterocycles. The number of aliphatic carboxylic acids is 1. The molecule has 8 heteroatoms. The topological polar surface area (TPSA) is 130 Å². The molecule has 0 bridgehead atoms.